The minimum atomic E-state index is 0. The predicted molar refractivity (Wildman–Crippen MR) is 125 cm³/mol. The first-order valence-corrected chi connectivity index (χ1v) is 9.90. The number of nitrogens with zero attached hydrogens (tertiary/aromatic N) is 4. The van der Waals surface area contributed by atoms with E-state index in [0.29, 0.717) is 11.8 Å². The van der Waals surface area contributed by atoms with Crippen molar-refractivity contribution in [1.82, 2.24) is 0 Å². The summed E-state index contributed by atoms with van der Waals surface area (Å²) in [6, 6.07) is 0. The predicted octanol–water partition coefficient (Wildman–Crippen LogP) is 6.52. The molecule has 6 nitrogen and oxygen atoms in total. The van der Waals surface area contributed by atoms with Crippen molar-refractivity contribution in [1.29, 1.82) is 0 Å². The van der Waals surface area contributed by atoms with Crippen LogP contribution in [0.1, 0.15) is 82.1 Å². The molecule has 0 saturated carbocycles. The molecule has 7 heteroatoms. The summed E-state index contributed by atoms with van der Waals surface area (Å²) >= 11 is 0. The molecule has 4 atom stereocenters. The first kappa shape index (κ1) is 39.3. The fraction of sp³-hybridized carbons (Fsp3) is 0.909. The Balaban J connectivity index is -0.000000109. The minimum Gasteiger partial charge on any atom is -0.680 e. The van der Waals surface area contributed by atoms with Crippen molar-refractivity contribution in [2.45, 2.75) is 105 Å². The molecule has 174 valence electrons. The van der Waals surface area contributed by atoms with Gasteiger partial charge in [-0.1, -0.05) is 93.9 Å². The fourth-order valence-corrected chi connectivity index (χ4v) is 2.09. The molecule has 0 aromatic heterocycles. The summed E-state index contributed by atoms with van der Waals surface area (Å²) in [5.41, 5.74) is 0.0706. The van der Waals surface area contributed by atoms with E-state index in [0.717, 1.165) is 12.8 Å². The average Bonchev–Trinajstić information content (AvgIpc) is 2.65. The van der Waals surface area contributed by atoms with Gasteiger partial charge in [-0.3, -0.25) is 13.6 Å². The molecule has 0 aromatic rings. The third kappa shape index (κ3) is 27.8. The number of rotatable bonds is 8. The Morgan fingerprint density at radius 3 is 0.966 bits per heavy atom. The molecule has 0 aliphatic heterocycles. The van der Waals surface area contributed by atoms with Gasteiger partial charge in [0, 0.05) is 0 Å². The molecule has 0 fully saturated rings. The summed E-state index contributed by atoms with van der Waals surface area (Å²) in [4.78, 5) is 15.5. The van der Waals surface area contributed by atoms with Crippen LogP contribution in [0.5, 0.6) is 0 Å². The monoisotopic (exact) mass is 500 g/mol. The molecular weight excluding hydrogens is 453 g/mol. The van der Waals surface area contributed by atoms with Crippen LogP contribution < -0.4 is 0 Å². The zero-order valence-electron chi connectivity index (χ0n) is 20.8. The minimum absolute atomic E-state index is 0. The van der Waals surface area contributed by atoms with Crippen LogP contribution in [-0.4, -0.2) is 51.1 Å². The van der Waals surface area contributed by atoms with E-state index < -0.39 is 0 Å². The summed E-state index contributed by atoms with van der Waals surface area (Å²) in [5.74, 6) is 1.13. The Morgan fingerprint density at radius 1 is 0.655 bits per heavy atom. The zero-order valence-corrected chi connectivity index (χ0v) is 22.6. The van der Waals surface area contributed by atoms with Gasteiger partial charge in [0.05, 0.1) is 0 Å². The Kier molecular flexibility index (Phi) is 30.5. The number of hydrogen-bond donors (Lipinski definition) is 0. The summed E-state index contributed by atoms with van der Waals surface area (Å²) in [6.07, 6.45) is 2.63. The van der Waals surface area contributed by atoms with Gasteiger partial charge in [0.15, 0.2) is 0 Å². The van der Waals surface area contributed by atoms with E-state index in [4.69, 9.17) is 9.59 Å². The summed E-state index contributed by atoms with van der Waals surface area (Å²) in [5, 5.41) is 17.8. The maximum absolute atomic E-state index is 7.75. The normalized spacial score (nSPS) is 14.8. The van der Waals surface area contributed by atoms with Crippen molar-refractivity contribution in [2.75, 3.05) is 14.1 Å². The summed E-state index contributed by atoms with van der Waals surface area (Å²) in [6.45, 7) is 28.0. The van der Waals surface area contributed by atoms with Crippen molar-refractivity contribution in [3.63, 3.8) is 0 Å². The molecule has 0 heterocycles. The van der Waals surface area contributed by atoms with Crippen molar-refractivity contribution < 1.29 is 29.1 Å². The van der Waals surface area contributed by atoms with Crippen LogP contribution in [0.15, 0.2) is 0 Å². The van der Waals surface area contributed by atoms with Crippen molar-refractivity contribution in [3.8, 4) is 0 Å². The van der Waals surface area contributed by atoms with E-state index in [1.54, 1.807) is 0 Å². The largest absolute Gasteiger partial charge is 6.00 e. The standard InChI is InChI=1S/2C10H22N2.2CHO.Ru/c2*1-7-8(2)9(11-6)12-10(3,4)5;2*1-2;/h2*8-9H,7H2,1-6H3;2*1H;/q2*-2;2*-1;+6. The van der Waals surface area contributed by atoms with Gasteiger partial charge in [0.2, 0.25) is 0 Å². The van der Waals surface area contributed by atoms with Crippen molar-refractivity contribution in [2.24, 2.45) is 11.8 Å². The van der Waals surface area contributed by atoms with Crippen molar-refractivity contribution in [3.05, 3.63) is 21.3 Å². The molecule has 4 unspecified atom stereocenters. The van der Waals surface area contributed by atoms with Gasteiger partial charge >= 0.3 is 19.5 Å². The van der Waals surface area contributed by atoms with E-state index >= 15 is 0 Å². The van der Waals surface area contributed by atoms with E-state index in [2.05, 4.69) is 104 Å². The first-order valence-electron chi connectivity index (χ1n) is 9.90. The van der Waals surface area contributed by atoms with Crippen molar-refractivity contribution >= 4 is 13.6 Å². The second-order valence-corrected chi connectivity index (χ2v) is 8.71. The second kappa shape index (κ2) is 22.5. The maximum atomic E-state index is 7.75. The Bertz CT molecular complexity index is 302. The Hall–Kier alpha value is -0.197. The average molecular weight is 500 g/mol. The first-order chi connectivity index (χ1) is 12.8. The molecular formula is C22H46N4O2Ru. The van der Waals surface area contributed by atoms with Crippen LogP contribution >= 0.6 is 0 Å². The van der Waals surface area contributed by atoms with E-state index in [9.17, 15) is 0 Å². The molecule has 0 spiro atoms. The van der Waals surface area contributed by atoms with E-state index in [1.165, 1.54) is 0 Å². The zero-order chi connectivity index (χ0) is 23.6. The van der Waals surface area contributed by atoms with Gasteiger partial charge in [0.1, 0.15) is 0 Å². The molecule has 0 aliphatic carbocycles. The van der Waals surface area contributed by atoms with Gasteiger partial charge in [-0.25, -0.2) is 12.3 Å². The molecule has 29 heavy (non-hydrogen) atoms. The SMILES string of the molecule is CCC(C)C([N-]C)[N-]C(C)(C)C.CCC(C)C([N-]C)[N-]C(C)(C)C.[CH-]=O.[CH-]=O.[Ru+6]. The number of hydrogen-bond acceptors (Lipinski definition) is 2. The van der Waals surface area contributed by atoms with Gasteiger partial charge < -0.3 is 30.9 Å². The molecule has 0 amide bonds. The van der Waals surface area contributed by atoms with Crippen LogP contribution in [0, 0.1) is 11.8 Å². The number of carbonyl (C=O) groups excluding carboxylic acids is 2. The molecule has 0 radical (unpaired) electrons. The molecule has 0 aromatic carbocycles. The molecule has 0 saturated heterocycles. The quantitative estimate of drug-likeness (QED) is 0.216. The van der Waals surface area contributed by atoms with Crippen LogP contribution in [0.3, 0.4) is 0 Å². The topological polar surface area (TPSA) is 90.5 Å². The summed E-state index contributed by atoms with van der Waals surface area (Å²) in [7, 11) is 3.71. The van der Waals surface area contributed by atoms with Gasteiger partial charge in [-0.05, 0) is 0 Å². The van der Waals surface area contributed by atoms with Crippen LogP contribution in [0.2, 0.25) is 0 Å². The molecule has 0 rings (SSSR count). The third-order valence-electron chi connectivity index (χ3n) is 3.87. The smallest absolute Gasteiger partial charge is 0.680 e. The Morgan fingerprint density at radius 2 is 0.862 bits per heavy atom. The fourth-order valence-electron chi connectivity index (χ4n) is 2.09. The molecule has 0 bridgehead atoms. The van der Waals surface area contributed by atoms with Gasteiger partial charge in [-0.15, -0.1) is 11.1 Å². The Labute approximate surface area is 195 Å². The third-order valence-corrected chi connectivity index (χ3v) is 3.87. The van der Waals surface area contributed by atoms with Crippen LogP contribution in [0.25, 0.3) is 21.3 Å². The molecule has 0 aliphatic rings. The second-order valence-electron chi connectivity index (χ2n) is 8.71. The van der Waals surface area contributed by atoms with Crippen LogP contribution in [-0.2, 0) is 29.1 Å². The molecule has 0 N–H and O–H groups in total. The summed E-state index contributed by atoms with van der Waals surface area (Å²) < 4.78 is 0. The van der Waals surface area contributed by atoms with E-state index in [1.807, 2.05) is 14.1 Å². The maximum Gasteiger partial charge on any atom is 6.00 e. The van der Waals surface area contributed by atoms with Gasteiger partial charge in [-0.2, -0.15) is 14.1 Å². The van der Waals surface area contributed by atoms with Gasteiger partial charge in [0.25, 0.3) is 0 Å². The van der Waals surface area contributed by atoms with Crippen LogP contribution in [0.4, 0.5) is 0 Å². The van der Waals surface area contributed by atoms with E-state index in [-0.39, 0.29) is 42.9 Å².